The molecular formula is C25H21F3N6O3. The highest BCUT2D eigenvalue weighted by Gasteiger charge is 2.52. The average molecular weight is 510 g/mol. The van der Waals surface area contributed by atoms with Gasteiger partial charge >= 0.3 is 18.2 Å². The number of nitriles is 1. The van der Waals surface area contributed by atoms with Gasteiger partial charge in [0.25, 0.3) is 5.91 Å². The maximum atomic E-state index is 13.5. The van der Waals surface area contributed by atoms with Crippen molar-refractivity contribution in [3.63, 3.8) is 0 Å². The van der Waals surface area contributed by atoms with E-state index in [4.69, 9.17) is 10.00 Å². The number of carbonyl (C=O) groups excluding carboxylic acids is 2. The summed E-state index contributed by atoms with van der Waals surface area (Å²) in [5, 5.41) is 12.2. The maximum absolute atomic E-state index is 13.5. The summed E-state index contributed by atoms with van der Waals surface area (Å²) >= 11 is 0. The lowest BCUT2D eigenvalue weighted by Crippen LogP contribution is -2.43. The second-order valence-electron chi connectivity index (χ2n) is 8.65. The Labute approximate surface area is 210 Å². The zero-order chi connectivity index (χ0) is 27.0. The number of benzene rings is 2. The third-order valence-corrected chi connectivity index (χ3v) is 5.95. The molecule has 1 aromatic heterocycles. The van der Waals surface area contributed by atoms with Crippen LogP contribution < -0.4 is 15.0 Å². The first-order chi connectivity index (χ1) is 17.5. The minimum Gasteiger partial charge on any atom is -0.467 e. The number of aromatic nitrogens is 2. The van der Waals surface area contributed by atoms with Crippen LogP contribution in [0.3, 0.4) is 0 Å². The molecule has 0 radical (unpaired) electrons. The highest BCUT2D eigenvalue weighted by molar-refractivity contribution is 6.23. The zero-order valence-corrected chi connectivity index (χ0v) is 20.0. The fraction of sp³-hybridized carbons (Fsp3) is 0.240. The summed E-state index contributed by atoms with van der Waals surface area (Å²) in [5.74, 6) is -0.690. The van der Waals surface area contributed by atoms with Crippen LogP contribution in [0.15, 0.2) is 54.9 Å². The summed E-state index contributed by atoms with van der Waals surface area (Å²) in [6.45, 7) is 3.03. The fourth-order valence-corrected chi connectivity index (χ4v) is 3.92. The van der Waals surface area contributed by atoms with E-state index in [1.165, 1.54) is 44.3 Å². The molecule has 1 fully saturated rings. The topological polar surface area (TPSA) is 111 Å². The van der Waals surface area contributed by atoms with Crippen molar-refractivity contribution in [2.75, 3.05) is 17.3 Å². The molecule has 1 aliphatic rings. The lowest BCUT2D eigenvalue weighted by Gasteiger charge is -2.28. The monoisotopic (exact) mass is 510 g/mol. The number of ether oxygens (including phenoxy) is 1. The molecular weight excluding hydrogens is 489 g/mol. The predicted octanol–water partition coefficient (Wildman–Crippen LogP) is 4.87. The number of hydrogen-bond donors (Lipinski definition) is 1. The summed E-state index contributed by atoms with van der Waals surface area (Å²) in [6, 6.07) is 10.7. The van der Waals surface area contributed by atoms with Gasteiger partial charge in [0, 0.05) is 5.69 Å². The molecule has 0 bridgehead atoms. The number of imide groups is 1. The molecule has 12 heteroatoms. The van der Waals surface area contributed by atoms with Crippen LogP contribution in [0.25, 0.3) is 0 Å². The highest BCUT2D eigenvalue weighted by atomic mass is 19.4. The van der Waals surface area contributed by atoms with Crippen LogP contribution in [0, 0.1) is 11.3 Å². The number of anilines is 3. The van der Waals surface area contributed by atoms with E-state index in [1.807, 2.05) is 0 Å². The molecule has 0 spiro atoms. The lowest BCUT2D eigenvalue weighted by molar-refractivity contribution is -0.137. The first-order valence-electron chi connectivity index (χ1n) is 11.0. The summed E-state index contributed by atoms with van der Waals surface area (Å²) in [4.78, 5) is 36.8. The van der Waals surface area contributed by atoms with Gasteiger partial charge in [-0.05, 0) is 43.7 Å². The van der Waals surface area contributed by atoms with Gasteiger partial charge in [-0.25, -0.2) is 19.7 Å². The second-order valence-corrected chi connectivity index (χ2v) is 8.65. The van der Waals surface area contributed by atoms with Gasteiger partial charge in [-0.2, -0.15) is 18.4 Å². The van der Waals surface area contributed by atoms with Crippen molar-refractivity contribution in [3.05, 3.63) is 71.5 Å². The normalized spacial score (nSPS) is 15.1. The molecule has 3 amide bonds. The third-order valence-electron chi connectivity index (χ3n) is 5.95. The Hall–Kier alpha value is -4.66. The SMILES string of the molecule is COc1ncc(Nc2ccccc2CN2C(=O)N(c3ccc(C#N)c(C(F)(F)F)c3)C(=O)C2(C)C)cn1. The number of hydrogen-bond acceptors (Lipinski definition) is 7. The van der Waals surface area contributed by atoms with Gasteiger partial charge in [0.15, 0.2) is 0 Å². The van der Waals surface area contributed by atoms with Gasteiger partial charge < -0.3 is 15.0 Å². The Bertz CT molecular complexity index is 1400. The molecule has 37 heavy (non-hydrogen) atoms. The molecule has 1 saturated heterocycles. The van der Waals surface area contributed by atoms with E-state index in [9.17, 15) is 22.8 Å². The summed E-state index contributed by atoms with van der Waals surface area (Å²) < 4.78 is 45.5. The Balaban J connectivity index is 1.66. The van der Waals surface area contributed by atoms with E-state index >= 15 is 0 Å². The second kappa shape index (κ2) is 9.42. The van der Waals surface area contributed by atoms with Gasteiger partial charge in [-0.15, -0.1) is 0 Å². The van der Waals surface area contributed by atoms with Crippen LogP contribution in [-0.4, -0.2) is 39.5 Å². The van der Waals surface area contributed by atoms with Crippen LogP contribution in [0.1, 0.15) is 30.5 Å². The molecule has 3 aromatic rings. The molecule has 0 atom stereocenters. The minimum atomic E-state index is -4.84. The van der Waals surface area contributed by atoms with Crippen LogP contribution in [0.4, 0.5) is 35.0 Å². The fourth-order valence-electron chi connectivity index (χ4n) is 3.92. The summed E-state index contributed by atoms with van der Waals surface area (Å²) in [5.41, 5.74) is -1.64. The zero-order valence-electron chi connectivity index (χ0n) is 20.0. The van der Waals surface area contributed by atoms with Gasteiger partial charge in [-0.3, -0.25) is 4.79 Å². The number of para-hydroxylation sites is 1. The van der Waals surface area contributed by atoms with Crippen molar-refractivity contribution in [1.82, 2.24) is 14.9 Å². The Morgan fingerprint density at radius 1 is 1.11 bits per heavy atom. The predicted molar refractivity (Wildman–Crippen MR) is 127 cm³/mol. The number of methoxy groups -OCH3 is 1. The van der Waals surface area contributed by atoms with Crippen LogP contribution >= 0.6 is 0 Å². The molecule has 1 N–H and O–H groups in total. The van der Waals surface area contributed by atoms with E-state index < -0.39 is 34.8 Å². The molecule has 0 unspecified atom stereocenters. The minimum absolute atomic E-state index is 0.0172. The molecule has 9 nitrogen and oxygen atoms in total. The molecule has 4 rings (SSSR count). The number of nitrogens with zero attached hydrogens (tertiary/aromatic N) is 5. The van der Waals surface area contributed by atoms with Crippen LogP contribution in [0.2, 0.25) is 0 Å². The number of urea groups is 1. The van der Waals surface area contributed by atoms with Gasteiger partial charge in [0.2, 0.25) is 0 Å². The van der Waals surface area contributed by atoms with Gasteiger partial charge in [-0.1, -0.05) is 18.2 Å². The van der Waals surface area contributed by atoms with E-state index in [0.717, 1.165) is 12.1 Å². The van der Waals surface area contributed by atoms with Crippen molar-refractivity contribution in [2.45, 2.75) is 32.1 Å². The number of halogens is 3. The van der Waals surface area contributed by atoms with Gasteiger partial charge in [0.1, 0.15) is 5.54 Å². The Morgan fingerprint density at radius 2 is 1.78 bits per heavy atom. The quantitative estimate of drug-likeness (QED) is 0.471. The molecule has 190 valence electrons. The van der Waals surface area contributed by atoms with E-state index in [0.29, 0.717) is 27.9 Å². The number of carbonyl (C=O) groups is 2. The average Bonchev–Trinajstić information content (AvgIpc) is 3.03. The van der Waals surface area contributed by atoms with E-state index in [-0.39, 0.29) is 18.2 Å². The molecule has 0 aliphatic carbocycles. The first-order valence-corrected chi connectivity index (χ1v) is 11.0. The molecule has 2 aromatic carbocycles. The Morgan fingerprint density at radius 3 is 2.41 bits per heavy atom. The van der Waals surface area contributed by atoms with Crippen molar-refractivity contribution in [3.8, 4) is 12.1 Å². The maximum Gasteiger partial charge on any atom is 0.417 e. The highest BCUT2D eigenvalue weighted by Crippen LogP contribution is 2.38. The van der Waals surface area contributed by atoms with Crippen LogP contribution in [0.5, 0.6) is 6.01 Å². The van der Waals surface area contributed by atoms with Crippen molar-refractivity contribution in [2.24, 2.45) is 0 Å². The molecule has 2 heterocycles. The number of nitrogens with one attached hydrogen (secondary N) is 1. The smallest absolute Gasteiger partial charge is 0.417 e. The van der Waals surface area contributed by atoms with Crippen LogP contribution in [-0.2, 0) is 17.5 Å². The van der Waals surface area contributed by atoms with E-state index in [1.54, 1.807) is 24.3 Å². The number of alkyl halides is 3. The number of amides is 3. The Kier molecular flexibility index (Phi) is 6.48. The van der Waals surface area contributed by atoms with Crippen molar-refractivity contribution in [1.29, 1.82) is 5.26 Å². The van der Waals surface area contributed by atoms with Gasteiger partial charge in [0.05, 0.1) is 54.6 Å². The number of rotatable bonds is 6. The summed E-state index contributed by atoms with van der Waals surface area (Å²) in [7, 11) is 1.44. The molecule has 1 aliphatic heterocycles. The largest absolute Gasteiger partial charge is 0.467 e. The lowest BCUT2D eigenvalue weighted by atomic mass is 10.0. The summed E-state index contributed by atoms with van der Waals surface area (Å²) in [6.07, 6.45) is -1.80. The third kappa shape index (κ3) is 4.75. The standard InChI is InChI=1S/C25H21F3N6O3/c1-24(2)21(35)34(18-9-8-15(11-29)19(10-18)25(26,27)28)23(36)33(24)14-16-6-4-5-7-20(16)32-17-12-30-22(37-3)31-13-17/h4-10,12-13,32H,14H2,1-3H3. The molecule has 0 saturated carbocycles. The van der Waals surface area contributed by atoms with E-state index in [2.05, 4.69) is 15.3 Å². The van der Waals surface area contributed by atoms with Crippen molar-refractivity contribution < 1.29 is 27.5 Å². The first kappa shape index (κ1) is 25.4. The van der Waals surface area contributed by atoms with Crippen molar-refractivity contribution >= 4 is 29.0 Å².